The van der Waals surface area contributed by atoms with Crippen molar-refractivity contribution in [1.82, 2.24) is 15.4 Å². The molecule has 1 N–H and O–H groups in total. The molecule has 0 radical (unpaired) electrons. The van der Waals surface area contributed by atoms with Crippen LogP contribution >= 0.6 is 11.6 Å². The van der Waals surface area contributed by atoms with Crippen LogP contribution in [0, 0.1) is 6.92 Å². The molecule has 2 heterocycles. The average molecular weight is 229 g/mol. The Morgan fingerprint density at radius 3 is 2.93 bits per heavy atom. The van der Waals surface area contributed by atoms with Gasteiger partial charge in [0, 0.05) is 6.07 Å². The molecular formula is C8H9ClN4O2. The van der Waals surface area contributed by atoms with Crippen molar-refractivity contribution in [1.29, 1.82) is 0 Å². The van der Waals surface area contributed by atoms with Crippen LogP contribution in [0.1, 0.15) is 17.3 Å². The van der Waals surface area contributed by atoms with Gasteiger partial charge in [0.1, 0.15) is 5.88 Å². The zero-order valence-corrected chi connectivity index (χ0v) is 8.78. The highest BCUT2D eigenvalue weighted by Crippen LogP contribution is 2.09. The third kappa shape index (κ3) is 2.47. The third-order valence-corrected chi connectivity index (χ3v) is 1.90. The Morgan fingerprint density at radius 1 is 1.47 bits per heavy atom. The Balaban J connectivity index is 1.93. The quantitative estimate of drug-likeness (QED) is 0.803. The van der Waals surface area contributed by atoms with E-state index in [0.717, 1.165) is 5.69 Å². The van der Waals surface area contributed by atoms with Gasteiger partial charge in [-0.3, -0.25) is 0 Å². The van der Waals surface area contributed by atoms with Gasteiger partial charge in [0.05, 0.1) is 12.2 Å². The summed E-state index contributed by atoms with van der Waals surface area (Å²) in [7, 11) is 0. The summed E-state index contributed by atoms with van der Waals surface area (Å²) in [6.07, 6.45) is 0. The Labute approximate surface area is 90.6 Å². The van der Waals surface area contributed by atoms with Gasteiger partial charge in [-0.25, -0.2) is 0 Å². The standard InChI is InChI=1S/C8H9ClN4O2/c1-5-2-6(15-13-5)4-10-8-12-11-7(3-9)14-8/h2H,3-4H2,1H3,(H,10,12). The minimum atomic E-state index is 0.204. The van der Waals surface area contributed by atoms with Crippen LogP contribution in [0.2, 0.25) is 0 Å². The van der Waals surface area contributed by atoms with E-state index in [0.29, 0.717) is 24.2 Å². The highest BCUT2D eigenvalue weighted by molar-refractivity contribution is 6.16. The molecule has 7 heteroatoms. The van der Waals surface area contributed by atoms with Gasteiger partial charge in [-0.15, -0.1) is 16.7 Å². The molecule has 0 saturated carbocycles. The maximum atomic E-state index is 5.51. The van der Waals surface area contributed by atoms with Crippen molar-refractivity contribution < 1.29 is 8.94 Å². The maximum Gasteiger partial charge on any atom is 0.315 e. The first kappa shape index (κ1) is 9.97. The van der Waals surface area contributed by atoms with Gasteiger partial charge >= 0.3 is 6.01 Å². The van der Waals surface area contributed by atoms with Gasteiger partial charge < -0.3 is 14.3 Å². The number of hydrogen-bond donors (Lipinski definition) is 1. The molecule has 0 spiro atoms. The first-order valence-electron chi connectivity index (χ1n) is 4.32. The summed E-state index contributed by atoms with van der Waals surface area (Å²) in [6, 6.07) is 2.14. The predicted octanol–water partition coefficient (Wildman–Crippen LogP) is 1.72. The Hall–Kier alpha value is -1.56. The number of halogens is 1. The summed E-state index contributed by atoms with van der Waals surface area (Å²) >= 11 is 5.51. The molecule has 2 rings (SSSR count). The first-order chi connectivity index (χ1) is 7.28. The molecule has 0 unspecified atom stereocenters. The van der Waals surface area contributed by atoms with Crippen LogP contribution in [-0.4, -0.2) is 15.4 Å². The molecule has 0 bridgehead atoms. The van der Waals surface area contributed by atoms with Gasteiger partial charge in [-0.1, -0.05) is 10.3 Å². The van der Waals surface area contributed by atoms with Crippen molar-refractivity contribution in [3.63, 3.8) is 0 Å². The van der Waals surface area contributed by atoms with E-state index in [2.05, 4.69) is 20.7 Å². The molecule has 0 fully saturated rings. The van der Waals surface area contributed by atoms with Crippen LogP contribution in [-0.2, 0) is 12.4 Å². The Kier molecular flexibility index (Phi) is 2.86. The van der Waals surface area contributed by atoms with E-state index in [1.165, 1.54) is 0 Å². The number of nitrogens with one attached hydrogen (secondary N) is 1. The molecule has 0 aliphatic rings. The van der Waals surface area contributed by atoms with E-state index >= 15 is 0 Å². The second kappa shape index (κ2) is 4.31. The van der Waals surface area contributed by atoms with Crippen molar-refractivity contribution >= 4 is 17.6 Å². The second-order valence-electron chi connectivity index (χ2n) is 2.92. The van der Waals surface area contributed by atoms with E-state index in [4.69, 9.17) is 20.5 Å². The predicted molar refractivity (Wildman–Crippen MR) is 52.4 cm³/mol. The van der Waals surface area contributed by atoms with E-state index in [-0.39, 0.29) is 5.88 Å². The molecule has 0 amide bonds. The fraction of sp³-hybridized carbons (Fsp3) is 0.375. The number of aromatic nitrogens is 3. The van der Waals surface area contributed by atoms with Gasteiger partial charge in [0.25, 0.3) is 0 Å². The van der Waals surface area contributed by atoms with Gasteiger partial charge in [0.2, 0.25) is 5.89 Å². The molecule has 0 saturated heterocycles. The van der Waals surface area contributed by atoms with Crippen LogP contribution < -0.4 is 5.32 Å². The van der Waals surface area contributed by atoms with Crippen molar-refractivity contribution in [2.24, 2.45) is 0 Å². The van der Waals surface area contributed by atoms with Gasteiger partial charge in [-0.05, 0) is 6.92 Å². The largest absolute Gasteiger partial charge is 0.407 e. The summed E-state index contributed by atoms with van der Waals surface area (Å²) in [5.41, 5.74) is 0.832. The van der Waals surface area contributed by atoms with Crippen LogP contribution in [0.4, 0.5) is 6.01 Å². The minimum Gasteiger partial charge on any atom is -0.407 e. The maximum absolute atomic E-state index is 5.51. The summed E-state index contributed by atoms with van der Waals surface area (Å²) < 4.78 is 10.1. The van der Waals surface area contributed by atoms with E-state index in [1.807, 2.05) is 13.0 Å². The average Bonchev–Trinajstić information content (AvgIpc) is 2.83. The van der Waals surface area contributed by atoms with E-state index in [1.54, 1.807) is 0 Å². The number of hydrogen-bond acceptors (Lipinski definition) is 6. The van der Waals surface area contributed by atoms with Crippen molar-refractivity contribution in [2.45, 2.75) is 19.3 Å². The Morgan fingerprint density at radius 2 is 2.33 bits per heavy atom. The molecule has 0 aliphatic carbocycles. The van der Waals surface area contributed by atoms with Crippen LogP contribution in [0.15, 0.2) is 15.0 Å². The fourth-order valence-electron chi connectivity index (χ4n) is 1.04. The van der Waals surface area contributed by atoms with Crippen molar-refractivity contribution in [2.75, 3.05) is 5.32 Å². The number of anilines is 1. The van der Waals surface area contributed by atoms with Gasteiger partial charge in [0.15, 0.2) is 5.76 Å². The fourth-order valence-corrected chi connectivity index (χ4v) is 1.15. The summed E-state index contributed by atoms with van der Waals surface area (Å²) in [5.74, 6) is 1.29. The third-order valence-electron chi connectivity index (χ3n) is 1.67. The molecule has 0 aliphatic heterocycles. The zero-order valence-electron chi connectivity index (χ0n) is 8.03. The summed E-state index contributed by atoms with van der Waals surface area (Å²) in [4.78, 5) is 0. The highest BCUT2D eigenvalue weighted by Gasteiger charge is 2.05. The molecule has 0 atom stereocenters. The SMILES string of the molecule is Cc1cc(CNc2nnc(CCl)o2)on1. The number of nitrogens with zero attached hydrogens (tertiary/aromatic N) is 3. The molecule has 2 aromatic rings. The molecule has 80 valence electrons. The number of alkyl halides is 1. The molecule has 2 aromatic heterocycles. The molecule has 15 heavy (non-hydrogen) atoms. The molecular weight excluding hydrogens is 220 g/mol. The number of rotatable bonds is 4. The van der Waals surface area contributed by atoms with Crippen molar-refractivity contribution in [3.8, 4) is 0 Å². The van der Waals surface area contributed by atoms with E-state index in [9.17, 15) is 0 Å². The monoisotopic (exact) mass is 228 g/mol. The summed E-state index contributed by atoms with van der Waals surface area (Å²) in [5, 5.41) is 14.1. The lowest BCUT2D eigenvalue weighted by atomic mass is 10.4. The summed E-state index contributed by atoms with van der Waals surface area (Å²) in [6.45, 7) is 2.30. The number of aryl methyl sites for hydroxylation is 1. The van der Waals surface area contributed by atoms with E-state index < -0.39 is 0 Å². The molecule has 0 aromatic carbocycles. The van der Waals surface area contributed by atoms with Crippen LogP contribution in [0.25, 0.3) is 0 Å². The minimum absolute atomic E-state index is 0.204. The topological polar surface area (TPSA) is 77.0 Å². The molecule has 6 nitrogen and oxygen atoms in total. The van der Waals surface area contributed by atoms with Gasteiger partial charge in [-0.2, -0.15) is 0 Å². The lowest BCUT2D eigenvalue weighted by Crippen LogP contribution is -1.98. The first-order valence-corrected chi connectivity index (χ1v) is 4.86. The lowest BCUT2D eigenvalue weighted by molar-refractivity contribution is 0.382. The van der Waals surface area contributed by atoms with Crippen LogP contribution in [0.3, 0.4) is 0 Å². The normalized spacial score (nSPS) is 10.5. The zero-order chi connectivity index (χ0) is 10.7. The van der Waals surface area contributed by atoms with Crippen LogP contribution in [0.5, 0.6) is 0 Å². The Bertz CT molecular complexity index is 439. The smallest absolute Gasteiger partial charge is 0.315 e. The second-order valence-corrected chi connectivity index (χ2v) is 3.19. The van der Waals surface area contributed by atoms with Crippen molar-refractivity contribution in [3.05, 3.63) is 23.4 Å². The lowest BCUT2D eigenvalue weighted by Gasteiger charge is -1.94. The highest BCUT2D eigenvalue weighted by atomic mass is 35.5.